The molecule has 2 atom stereocenters. The standard InChI is InChI=1S/C16H19FN4O/c17-13-3-1-12(2-4-13)15-14(10-19-20-15)16(22)21-7-5-11(9-18)6-8-21/h1-4,11,14-15,19-20H,5-8,10H2. The summed E-state index contributed by atoms with van der Waals surface area (Å²) in [5.74, 6) is -0.319. The fourth-order valence-corrected chi connectivity index (χ4v) is 3.18. The molecule has 0 spiro atoms. The van der Waals surface area contributed by atoms with Crippen molar-refractivity contribution in [2.75, 3.05) is 19.6 Å². The molecule has 0 saturated carbocycles. The molecule has 2 saturated heterocycles. The summed E-state index contributed by atoms with van der Waals surface area (Å²) >= 11 is 0. The molecule has 5 nitrogen and oxygen atoms in total. The number of hydrazine groups is 1. The lowest BCUT2D eigenvalue weighted by molar-refractivity contribution is -0.136. The molecule has 0 radical (unpaired) electrons. The molecule has 0 bridgehead atoms. The molecule has 2 heterocycles. The summed E-state index contributed by atoms with van der Waals surface area (Å²) in [5, 5.41) is 8.94. The third-order valence-corrected chi connectivity index (χ3v) is 4.52. The second kappa shape index (κ2) is 6.42. The Hall–Kier alpha value is -1.97. The van der Waals surface area contributed by atoms with Gasteiger partial charge in [-0.2, -0.15) is 5.26 Å². The van der Waals surface area contributed by atoms with Gasteiger partial charge in [-0.1, -0.05) is 12.1 Å². The molecule has 116 valence electrons. The zero-order chi connectivity index (χ0) is 15.5. The van der Waals surface area contributed by atoms with Gasteiger partial charge in [0, 0.05) is 25.6 Å². The van der Waals surface area contributed by atoms with Gasteiger partial charge in [-0.3, -0.25) is 10.2 Å². The number of nitrogens with one attached hydrogen (secondary N) is 2. The molecule has 2 unspecified atom stereocenters. The Morgan fingerprint density at radius 1 is 1.27 bits per heavy atom. The predicted octanol–water partition coefficient (Wildman–Crippen LogP) is 1.35. The van der Waals surface area contributed by atoms with E-state index in [2.05, 4.69) is 16.9 Å². The highest BCUT2D eigenvalue weighted by Crippen LogP contribution is 2.28. The van der Waals surface area contributed by atoms with Crippen molar-refractivity contribution >= 4 is 5.91 Å². The first-order valence-corrected chi connectivity index (χ1v) is 7.61. The summed E-state index contributed by atoms with van der Waals surface area (Å²) in [6, 6.07) is 8.37. The van der Waals surface area contributed by atoms with Crippen LogP contribution in [-0.2, 0) is 4.79 Å². The third-order valence-electron chi connectivity index (χ3n) is 4.52. The largest absolute Gasteiger partial charge is 0.342 e. The molecular weight excluding hydrogens is 283 g/mol. The van der Waals surface area contributed by atoms with Gasteiger partial charge in [0.05, 0.1) is 18.0 Å². The summed E-state index contributed by atoms with van der Waals surface area (Å²) < 4.78 is 13.1. The number of halogens is 1. The smallest absolute Gasteiger partial charge is 0.229 e. The average Bonchev–Trinajstić information content (AvgIpc) is 3.04. The SMILES string of the molecule is N#CC1CCN(C(=O)C2CNNC2c2ccc(F)cc2)CC1. The normalized spacial score (nSPS) is 25.9. The highest BCUT2D eigenvalue weighted by Gasteiger charge is 2.37. The van der Waals surface area contributed by atoms with Crippen LogP contribution in [-0.4, -0.2) is 30.4 Å². The number of hydrogen-bond acceptors (Lipinski definition) is 4. The fraction of sp³-hybridized carbons (Fsp3) is 0.500. The number of carbonyl (C=O) groups excluding carboxylic acids is 1. The first kappa shape index (κ1) is 14.9. The van der Waals surface area contributed by atoms with Gasteiger partial charge >= 0.3 is 0 Å². The second-order valence-electron chi connectivity index (χ2n) is 5.89. The third kappa shape index (κ3) is 2.96. The van der Waals surface area contributed by atoms with Crippen molar-refractivity contribution in [3.05, 3.63) is 35.6 Å². The lowest BCUT2D eigenvalue weighted by Crippen LogP contribution is -2.43. The Balaban J connectivity index is 1.69. The van der Waals surface area contributed by atoms with Gasteiger partial charge in [0.15, 0.2) is 0 Å². The zero-order valence-electron chi connectivity index (χ0n) is 12.3. The van der Waals surface area contributed by atoms with Crippen LogP contribution in [0.1, 0.15) is 24.4 Å². The summed E-state index contributed by atoms with van der Waals surface area (Å²) in [6.45, 7) is 1.84. The van der Waals surface area contributed by atoms with Gasteiger partial charge < -0.3 is 4.90 Å². The van der Waals surface area contributed by atoms with Gasteiger partial charge in [0.25, 0.3) is 0 Å². The molecule has 2 aliphatic rings. The molecule has 3 rings (SSSR count). The van der Waals surface area contributed by atoms with E-state index in [-0.39, 0.29) is 29.6 Å². The van der Waals surface area contributed by atoms with Crippen molar-refractivity contribution in [3.63, 3.8) is 0 Å². The van der Waals surface area contributed by atoms with Crippen LogP contribution in [0.15, 0.2) is 24.3 Å². The summed E-state index contributed by atoms with van der Waals surface area (Å²) in [7, 11) is 0. The zero-order valence-corrected chi connectivity index (χ0v) is 12.3. The maximum atomic E-state index is 13.1. The molecule has 22 heavy (non-hydrogen) atoms. The van der Waals surface area contributed by atoms with E-state index in [9.17, 15) is 9.18 Å². The minimum Gasteiger partial charge on any atom is -0.342 e. The van der Waals surface area contributed by atoms with Crippen molar-refractivity contribution in [1.29, 1.82) is 5.26 Å². The molecule has 1 amide bonds. The number of nitriles is 1. The van der Waals surface area contributed by atoms with E-state index in [4.69, 9.17) is 5.26 Å². The van der Waals surface area contributed by atoms with Crippen LogP contribution in [0.4, 0.5) is 4.39 Å². The van der Waals surface area contributed by atoms with Crippen molar-refractivity contribution in [3.8, 4) is 6.07 Å². The number of likely N-dealkylation sites (tertiary alicyclic amines) is 1. The minimum atomic E-state index is -0.281. The molecule has 0 aromatic heterocycles. The van der Waals surface area contributed by atoms with Crippen LogP contribution in [0.3, 0.4) is 0 Å². The molecule has 1 aromatic rings. The number of carbonyl (C=O) groups is 1. The summed E-state index contributed by atoms with van der Waals surface area (Å²) in [5.41, 5.74) is 7.04. The van der Waals surface area contributed by atoms with Gasteiger partial charge in [0.2, 0.25) is 5.91 Å². The molecular formula is C16H19FN4O. The molecule has 2 N–H and O–H groups in total. The van der Waals surface area contributed by atoms with Crippen molar-refractivity contribution < 1.29 is 9.18 Å². The molecule has 1 aromatic carbocycles. The predicted molar refractivity (Wildman–Crippen MR) is 78.7 cm³/mol. The van der Waals surface area contributed by atoms with E-state index in [1.165, 1.54) is 12.1 Å². The highest BCUT2D eigenvalue weighted by molar-refractivity contribution is 5.80. The number of rotatable bonds is 2. The van der Waals surface area contributed by atoms with Crippen LogP contribution >= 0.6 is 0 Å². The van der Waals surface area contributed by atoms with Crippen molar-refractivity contribution in [1.82, 2.24) is 15.8 Å². The average molecular weight is 302 g/mol. The first-order valence-electron chi connectivity index (χ1n) is 7.61. The van der Waals surface area contributed by atoms with Crippen LogP contribution in [0.5, 0.6) is 0 Å². The highest BCUT2D eigenvalue weighted by atomic mass is 19.1. The second-order valence-corrected chi connectivity index (χ2v) is 5.89. The van der Waals surface area contributed by atoms with Gasteiger partial charge in [-0.15, -0.1) is 0 Å². The number of benzene rings is 1. The maximum absolute atomic E-state index is 13.1. The Bertz CT molecular complexity index is 575. The lowest BCUT2D eigenvalue weighted by atomic mass is 9.91. The first-order chi connectivity index (χ1) is 10.7. The number of hydrogen-bond donors (Lipinski definition) is 2. The Morgan fingerprint density at radius 2 is 1.95 bits per heavy atom. The fourth-order valence-electron chi connectivity index (χ4n) is 3.18. The Labute approximate surface area is 129 Å². The molecule has 6 heteroatoms. The van der Waals surface area contributed by atoms with E-state index in [0.29, 0.717) is 19.6 Å². The van der Waals surface area contributed by atoms with E-state index in [0.717, 1.165) is 18.4 Å². The minimum absolute atomic E-state index is 0.0665. The molecule has 2 aliphatic heterocycles. The molecule has 0 aliphatic carbocycles. The summed E-state index contributed by atoms with van der Waals surface area (Å²) in [6.07, 6.45) is 1.49. The monoisotopic (exact) mass is 302 g/mol. The van der Waals surface area contributed by atoms with Gasteiger partial charge in [-0.05, 0) is 30.5 Å². The van der Waals surface area contributed by atoms with E-state index >= 15 is 0 Å². The lowest BCUT2D eigenvalue weighted by Gasteiger charge is -2.32. The van der Waals surface area contributed by atoms with E-state index in [1.54, 1.807) is 12.1 Å². The van der Waals surface area contributed by atoms with Crippen LogP contribution < -0.4 is 10.9 Å². The van der Waals surface area contributed by atoms with Crippen LogP contribution in [0.2, 0.25) is 0 Å². The topological polar surface area (TPSA) is 68.2 Å². The quantitative estimate of drug-likeness (QED) is 0.865. The van der Waals surface area contributed by atoms with E-state index < -0.39 is 0 Å². The van der Waals surface area contributed by atoms with Crippen LogP contribution in [0.25, 0.3) is 0 Å². The van der Waals surface area contributed by atoms with Crippen molar-refractivity contribution in [2.45, 2.75) is 18.9 Å². The molecule has 2 fully saturated rings. The van der Waals surface area contributed by atoms with Crippen LogP contribution in [0, 0.1) is 29.0 Å². The van der Waals surface area contributed by atoms with Gasteiger partial charge in [-0.25, -0.2) is 9.82 Å². The summed E-state index contributed by atoms with van der Waals surface area (Å²) in [4.78, 5) is 14.6. The number of amides is 1. The Kier molecular flexibility index (Phi) is 4.36. The van der Waals surface area contributed by atoms with Crippen molar-refractivity contribution in [2.24, 2.45) is 11.8 Å². The number of piperidine rings is 1. The Morgan fingerprint density at radius 3 is 2.59 bits per heavy atom. The van der Waals surface area contributed by atoms with Gasteiger partial charge in [0.1, 0.15) is 5.82 Å². The maximum Gasteiger partial charge on any atom is 0.229 e. The van der Waals surface area contributed by atoms with E-state index in [1.807, 2.05) is 4.90 Å². The number of nitrogens with zero attached hydrogens (tertiary/aromatic N) is 2.